The van der Waals surface area contributed by atoms with E-state index in [1.54, 1.807) is 10.8 Å². The van der Waals surface area contributed by atoms with Gasteiger partial charge in [-0.25, -0.2) is 0 Å². The van der Waals surface area contributed by atoms with Crippen LogP contribution in [0.2, 0.25) is 0 Å². The number of nitrogens with zero attached hydrogens (tertiary/aromatic N) is 1. The average molecular weight is 227 g/mol. The van der Waals surface area contributed by atoms with Crippen molar-refractivity contribution in [3.05, 3.63) is 10.8 Å². The Morgan fingerprint density at radius 3 is 1.80 bits per heavy atom. The Morgan fingerprint density at radius 2 is 1.53 bits per heavy atom. The first-order valence-electron chi connectivity index (χ1n) is 6.46. The second-order valence-corrected chi connectivity index (χ2v) is 6.14. The van der Waals surface area contributed by atoms with Gasteiger partial charge in [0.05, 0.1) is 0 Å². The smallest absolute Gasteiger partial charge is 0.0329 e. The van der Waals surface area contributed by atoms with Crippen molar-refractivity contribution in [2.24, 2.45) is 0 Å². The van der Waals surface area contributed by atoms with E-state index in [9.17, 15) is 0 Å². The van der Waals surface area contributed by atoms with Crippen molar-refractivity contribution in [1.82, 2.24) is 4.90 Å². The van der Waals surface area contributed by atoms with E-state index < -0.39 is 0 Å². The van der Waals surface area contributed by atoms with E-state index >= 15 is 0 Å². The Balaban J connectivity index is 4.65. The summed E-state index contributed by atoms with van der Waals surface area (Å²) in [5, 5.41) is 1.62. The molecule has 0 aromatic rings. The van der Waals surface area contributed by atoms with Crippen LogP contribution >= 0.6 is 0 Å². The predicted octanol–water partition coefficient (Wildman–Crippen LogP) is 2.55. The zero-order chi connectivity index (χ0) is 11.8. The van der Waals surface area contributed by atoms with Gasteiger partial charge in [0.15, 0.2) is 0 Å². The van der Waals surface area contributed by atoms with Gasteiger partial charge in [0.2, 0.25) is 0 Å². The molecule has 0 N–H and O–H groups in total. The third-order valence-electron chi connectivity index (χ3n) is 3.14. The van der Waals surface area contributed by atoms with Crippen molar-refractivity contribution in [2.45, 2.75) is 59.9 Å². The van der Waals surface area contributed by atoms with E-state index in [1.807, 2.05) is 0 Å². The number of hydrogen-bond donors (Lipinski definition) is 0. The summed E-state index contributed by atoms with van der Waals surface area (Å²) >= 11 is 0. The van der Waals surface area contributed by atoms with E-state index in [2.05, 4.69) is 39.5 Å². The molecule has 0 amide bonds. The summed E-state index contributed by atoms with van der Waals surface area (Å²) in [5.41, 5.74) is 1.63. The van der Waals surface area contributed by atoms with Crippen LogP contribution in [0.15, 0.2) is 10.8 Å². The first kappa shape index (κ1) is 14.9. The lowest BCUT2D eigenvalue weighted by Gasteiger charge is -2.32. The lowest BCUT2D eigenvalue weighted by atomic mass is 10.0. The van der Waals surface area contributed by atoms with Crippen molar-refractivity contribution in [3.63, 3.8) is 0 Å². The van der Waals surface area contributed by atoms with E-state index in [4.69, 9.17) is 0 Å². The Morgan fingerprint density at radius 1 is 1.07 bits per heavy atom. The fourth-order valence-electron chi connectivity index (χ4n) is 2.17. The first-order valence-corrected chi connectivity index (χ1v) is 7.46. The van der Waals surface area contributed by atoms with Gasteiger partial charge in [-0.15, -0.1) is 0 Å². The average Bonchev–Trinajstić information content (AvgIpc) is 2.19. The maximum atomic E-state index is 2.66. The summed E-state index contributed by atoms with van der Waals surface area (Å²) in [5.74, 6) is 0. The van der Waals surface area contributed by atoms with E-state index in [-0.39, 0.29) is 0 Å². The fraction of sp³-hybridized carbons (Fsp3) is 0.846. The largest absolute Gasteiger partial charge is 0.297 e. The molecule has 90 valence electrons. The van der Waals surface area contributed by atoms with Crippen molar-refractivity contribution in [3.8, 4) is 0 Å². The minimum absolute atomic E-state index is 0.697. The molecule has 0 saturated heterocycles. The van der Waals surface area contributed by atoms with Gasteiger partial charge in [0.25, 0.3) is 0 Å². The van der Waals surface area contributed by atoms with Gasteiger partial charge in [0.1, 0.15) is 0 Å². The number of hydrogen-bond acceptors (Lipinski definition) is 1. The molecule has 1 nitrogen and oxygen atoms in total. The predicted molar refractivity (Wildman–Crippen MR) is 74.5 cm³/mol. The van der Waals surface area contributed by atoms with Gasteiger partial charge in [0, 0.05) is 16.3 Å². The summed E-state index contributed by atoms with van der Waals surface area (Å²) in [6.07, 6.45) is 3.79. The molecule has 0 aliphatic heterocycles. The van der Waals surface area contributed by atoms with Crippen molar-refractivity contribution < 1.29 is 0 Å². The van der Waals surface area contributed by atoms with Crippen LogP contribution < -0.4 is 0 Å². The normalized spacial score (nSPS) is 15.6. The van der Waals surface area contributed by atoms with E-state index in [0.29, 0.717) is 6.04 Å². The quantitative estimate of drug-likeness (QED) is 0.604. The molecule has 0 rings (SSSR count). The van der Waals surface area contributed by atoms with Crippen LogP contribution in [0.25, 0.3) is 0 Å². The highest BCUT2D eigenvalue weighted by Crippen LogP contribution is 2.17. The summed E-state index contributed by atoms with van der Waals surface area (Å²) < 4.78 is 0. The van der Waals surface area contributed by atoms with Gasteiger partial charge in [-0.3, -0.25) is 4.90 Å². The van der Waals surface area contributed by atoms with Crippen molar-refractivity contribution >= 4 is 10.2 Å². The molecule has 0 fully saturated rings. The van der Waals surface area contributed by atoms with Crippen LogP contribution in [0.3, 0.4) is 0 Å². The monoisotopic (exact) mass is 227 g/mol. The van der Waals surface area contributed by atoms with Gasteiger partial charge in [-0.1, -0.05) is 31.5 Å². The topological polar surface area (TPSA) is 3.24 Å². The van der Waals surface area contributed by atoms with Gasteiger partial charge in [-0.05, 0) is 46.2 Å². The summed E-state index contributed by atoms with van der Waals surface area (Å²) in [4.78, 5) is 2.66. The molecule has 0 spiro atoms. The molecule has 2 heteroatoms. The van der Waals surface area contributed by atoms with Gasteiger partial charge < -0.3 is 0 Å². The molecular weight excluding hydrogens is 198 g/mol. The maximum Gasteiger partial charge on any atom is 0.0329 e. The first-order chi connectivity index (χ1) is 7.08. The number of rotatable bonds is 7. The summed E-state index contributed by atoms with van der Waals surface area (Å²) in [7, 11) is 1.21. The van der Waals surface area contributed by atoms with Gasteiger partial charge >= 0.3 is 0 Å². The number of allylic oxidation sites excluding steroid dienone is 1. The Bertz CT molecular complexity index is 189. The highest BCUT2D eigenvalue weighted by molar-refractivity contribution is 6.21. The SMILES string of the molecule is CCCN(CCC)C(CC)C(C)=C(C)[SiH3]. The van der Waals surface area contributed by atoms with Crippen LogP contribution in [0.1, 0.15) is 53.9 Å². The molecule has 15 heavy (non-hydrogen) atoms. The molecule has 0 aliphatic rings. The molecule has 0 aliphatic carbocycles. The lowest BCUT2D eigenvalue weighted by molar-refractivity contribution is 0.215. The van der Waals surface area contributed by atoms with E-state index in [1.165, 1.54) is 42.6 Å². The van der Waals surface area contributed by atoms with Crippen LogP contribution in [0.4, 0.5) is 0 Å². The zero-order valence-electron chi connectivity index (χ0n) is 11.6. The molecule has 0 aromatic carbocycles. The van der Waals surface area contributed by atoms with Gasteiger partial charge in [-0.2, -0.15) is 0 Å². The molecule has 0 bridgehead atoms. The fourth-order valence-corrected chi connectivity index (χ4v) is 2.50. The molecular formula is C13H29NSi. The maximum absolute atomic E-state index is 2.66. The minimum Gasteiger partial charge on any atom is -0.297 e. The highest BCUT2D eigenvalue weighted by Gasteiger charge is 2.17. The standard InChI is InChI=1S/C13H29NSi/c1-6-9-14(10-7-2)13(8-3)11(4)12(5)15/h13H,6-10H2,1-5,15H3. The molecule has 1 atom stereocenters. The third-order valence-corrected chi connectivity index (χ3v) is 3.93. The zero-order valence-corrected chi connectivity index (χ0v) is 13.6. The van der Waals surface area contributed by atoms with E-state index in [0.717, 1.165) is 0 Å². The Hall–Kier alpha value is -0.0831. The van der Waals surface area contributed by atoms with Crippen LogP contribution in [0, 0.1) is 0 Å². The Labute approximate surface area is 99.4 Å². The molecule has 0 radical (unpaired) electrons. The summed E-state index contributed by atoms with van der Waals surface area (Å²) in [6.45, 7) is 14.0. The molecule has 0 saturated carbocycles. The second-order valence-electron chi connectivity index (χ2n) is 4.64. The Kier molecular flexibility index (Phi) is 8.07. The van der Waals surface area contributed by atoms with Crippen molar-refractivity contribution in [2.75, 3.05) is 13.1 Å². The third kappa shape index (κ3) is 4.98. The lowest BCUT2D eigenvalue weighted by Crippen LogP contribution is -2.37. The molecule has 1 unspecified atom stereocenters. The minimum atomic E-state index is 0.697. The molecule has 0 aromatic heterocycles. The summed E-state index contributed by atoms with van der Waals surface area (Å²) in [6, 6.07) is 0.697. The highest BCUT2D eigenvalue weighted by atomic mass is 28.1. The van der Waals surface area contributed by atoms with Crippen LogP contribution in [-0.2, 0) is 0 Å². The van der Waals surface area contributed by atoms with Crippen LogP contribution in [-0.4, -0.2) is 34.3 Å². The molecule has 0 heterocycles. The van der Waals surface area contributed by atoms with Crippen molar-refractivity contribution in [1.29, 1.82) is 0 Å². The second kappa shape index (κ2) is 8.11. The van der Waals surface area contributed by atoms with Crippen LogP contribution in [0.5, 0.6) is 0 Å².